The maximum Gasteiger partial charge on any atom is 0.309 e. The minimum Gasteiger partial charge on any atom is -0.496 e. The van der Waals surface area contributed by atoms with Gasteiger partial charge in [-0.05, 0) is 51.2 Å². The van der Waals surface area contributed by atoms with Crippen molar-refractivity contribution < 1.29 is 38.1 Å². The molecule has 6 rings (SSSR count). The van der Waals surface area contributed by atoms with E-state index in [0.717, 1.165) is 28.8 Å². The Labute approximate surface area is 254 Å². The molecule has 2 aromatic heterocycles. The van der Waals surface area contributed by atoms with Gasteiger partial charge in [0.05, 0.1) is 48.9 Å². The van der Waals surface area contributed by atoms with Gasteiger partial charge in [-0.15, -0.1) is 11.3 Å². The topological polar surface area (TPSA) is 124 Å². The van der Waals surface area contributed by atoms with Crippen LogP contribution in [0.15, 0.2) is 41.1 Å². The fourth-order valence-corrected chi connectivity index (χ4v) is 7.42. The zero-order valence-electron chi connectivity index (χ0n) is 24.6. The second-order valence-electron chi connectivity index (χ2n) is 11.0. The van der Waals surface area contributed by atoms with Crippen molar-refractivity contribution in [1.82, 2.24) is 9.88 Å². The minimum atomic E-state index is -1.28. The number of aliphatic hydroxyl groups is 1. The van der Waals surface area contributed by atoms with E-state index < -0.39 is 12.5 Å². The number of aromatic nitrogens is 1. The van der Waals surface area contributed by atoms with E-state index in [2.05, 4.69) is 4.98 Å². The van der Waals surface area contributed by atoms with Crippen molar-refractivity contribution in [3.8, 4) is 16.5 Å². The third kappa shape index (κ3) is 5.64. The molecule has 0 spiro atoms. The number of methoxy groups -OCH3 is 1. The van der Waals surface area contributed by atoms with E-state index in [-0.39, 0.29) is 36.5 Å². The fraction of sp³-hybridized carbons (Fsp3) is 0.516. The molecule has 1 N–H and O–H groups in total. The van der Waals surface area contributed by atoms with E-state index in [1.54, 1.807) is 20.2 Å². The molecule has 3 aliphatic rings. The number of ether oxygens (including phenoxy) is 4. The molecule has 1 saturated heterocycles. The predicted molar refractivity (Wildman–Crippen MR) is 158 cm³/mol. The van der Waals surface area contributed by atoms with Crippen LogP contribution in [0.4, 0.5) is 5.00 Å². The van der Waals surface area contributed by atoms with Gasteiger partial charge in [-0.2, -0.15) is 0 Å². The number of fused-ring (bicyclic) bond motifs is 1. The first kappa shape index (κ1) is 29.6. The number of hydrogen-bond acceptors (Lipinski definition) is 11. The molecule has 1 amide bonds. The van der Waals surface area contributed by atoms with Crippen molar-refractivity contribution in [3.63, 3.8) is 0 Å². The van der Waals surface area contributed by atoms with Crippen molar-refractivity contribution in [2.45, 2.75) is 64.1 Å². The van der Waals surface area contributed by atoms with Crippen LogP contribution in [0, 0.1) is 12.8 Å². The molecule has 2 fully saturated rings. The molecule has 230 valence electrons. The fourth-order valence-electron chi connectivity index (χ4n) is 6.15. The third-order valence-electron chi connectivity index (χ3n) is 8.49. The molecule has 11 nitrogen and oxygen atoms in total. The Hall–Kier alpha value is -3.45. The number of carbonyl (C=O) groups excluding carboxylic acids is 2. The molecule has 12 heteroatoms. The average molecular weight is 612 g/mol. The molecule has 1 saturated carbocycles. The molecule has 0 bridgehead atoms. The van der Waals surface area contributed by atoms with E-state index in [1.165, 1.54) is 22.5 Å². The highest BCUT2D eigenvalue weighted by molar-refractivity contribution is 7.20. The van der Waals surface area contributed by atoms with Gasteiger partial charge < -0.3 is 33.4 Å². The van der Waals surface area contributed by atoms with E-state index in [4.69, 9.17) is 23.4 Å². The Kier molecular flexibility index (Phi) is 8.71. The SMILES string of the molecule is CCOC(=O)C1CC(N2C(=O)c3c(sc(-c4ncco4)c3C)N(CC(OC3CCOCC3)c3ccccc3OC)C2O)C1. The Morgan fingerprint density at radius 1 is 1.23 bits per heavy atom. The first-order valence-electron chi connectivity index (χ1n) is 14.7. The lowest BCUT2D eigenvalue weighted by molar-refractivity contribution is -0.155. The number of para-hydroxylation sites is 1. The van der Waals surface area contributed by atoms with E-state index >= 15 is 0 Å². The van der Waals surface area contributed by atoms with Gasteiger partial charge in [-0.25, -0.2) is 4.98 Å². The van der Waals surface area contributed by atoms with Gasteiger partial charge in [0.1, 0.15) is 23.1 Å². The van der Waals surface area contributed by atoms with Crippen molar-refractivity contribution in [2.75, 3.05) is 38.4 Å². The number of oxazole rings is 1. The maximum atomic E-state index is 14.1. The zero-order valence-corrected chi connectivity index (χ0v) is 25.4. The summed E-state index contributed by atoms with van der Waals surface area (Å²) in [4.78, 5) is 34.9. The van der Waals surface area contributed by atoms with Gasteiger partial charge in [0.15, 0.2) is 0 Å². The van der Waals surface area contributed by atoms with E-state index in [1.807, 2.05) is 36.1 Å². The van der Waals surface area contributed by atoms with Gasteiger partial charge in [-0.1, -0.05) is 18.2 Å². The summed E-state index contributed by atoms with van der Waals surface area (Å²) in [5.41, 5.74) is 2.07. The molecule has 0 radical (unpaired) electrons. The summed E-state index contributed by atoms with van der Waals surface area (Å²) < 4.78 is 28.8. The molecule has 1 aromatic carbocycles. The number of benzene rings is 1. The highest BCUT2D eigenvalue weighted by atomic mass is 32.1. The summed E-state index contributed by atoms with van der Waals surface area (Å²) in [5.74, 6) is 0.241. The summed E-state index contributed by atoms with van der Waals surface area (Å²) in [6.07, 6.45) is 3.63. The van der Waals surface area contributed by atoms with Crippen LogP contribution in [0.5, 0.6) is 5.75 Å². The third-order valence-corrected chi connectivity index (χ3v) is 9.81. The molecule has 2 aliphatic heterocycles. The largest absolute Gasteiger partial charge is 0.496 e. The molecule has 2 unspecified atom stereocenters. The summed E-state index contributed by atoms with van der Waals surface area (Å²) in [5, 5.41) is 12.6. The minimum absolute atomic E-state index is 0.0345. The molecule has 4 heterocycles. The Morgan fingerprint density at radius 2 is 2.00 bits per heavy atom. The van der Waals surface area contributed by atoms with E-state index in [0.29, 0.717) is 54.9 Å². The predicted octanol–water partition coefficient (Wildman–Crippen LogP) is 4.54. The Morgan fingerprint density at radius 3 is 2.70 bits per heavy atom. The van der Waals surface area contributed by atoms with Crippen molar-refractivity contribution in [1.29, 1.82) is 0 Å². The van der Waals surface area contributed by atoms with Crippen LogP contribution in [0.3, 0.4) is 0 Å². The van der Waals surface area contributed by atoms with Crippen LogP contribution in [-0.2, 0) is 19.0 Å². The molecular weight excluding hydrogens is 574 g/mol. The first-order chi connectivity index (χ1) is 20.9. The van der Waals surface area contributed by atoms with Crippen LogP contribution in [0.2, 0.25) is 0 Å². The molecule has 3 aromatic rings. The van der Waals surface area contributed by atoms with Crippen LogP contribution in [0.25, 0.3) is 10.8 Å². The smallest absolute Gasteiger partial charge is 0.309 e. The normalized spacial score (nSPS) is 23.1. The van der Waals surface area contributed by atoms with Gasteiger partial charge >= 0.3 is 5.97 Å². The van der Waals surface area contributed by atoms with Gasteiger partial charge in [0.2, 0.25) is 12.2 Å². The van der Waals surface area contributed by atoms with Gasteiger partial charge in [-0.3, -0.25) is 14.5 Å². The second kappa shape index (κ2) is 12.7. The van der Waals surface area contributed by atoms with Crippen LogP contribution < -0.4 is 9.64 Å². The van der Waals surface area contributed by atoms with Crippen LogP contribution in [-0.4, -0.2) is 78.8 Å². The van der Waals surface area contributed by atoms with Gasteiger partial charge in [0.25, 0.3) is 5.91 Å². The molecule has 1 aliphatic carbocycles. The standard InChI is InChI=1S/C31H37N3O8S/c1-4-40-30(36)19-15-20(16-19)34-28(35)25-18(2)26(27-32-11-14-41-27)43-29(25)33(31(34)37)17-24(42-21-9-12-39-13-10-21)22-7-5-6-8-23(22)38-3/h5-8,11,14,19-21,24,31,37H,4,9-10,12-13,15-17H2,1-3H3. The number of thiophene rings is 1. The van der Waals surface area contributed by atoms with Crippen molar-refractivity contribution in [2.24, 2.45) is 5.92 Å². The average Bonchev–Trinajstić information content (AvgIpc) is 3.64. The molecule has 43 heavy (non-hydrogen) atoms. The number of nitrogens with zero attached hydrogens (tertiary/aromatic N) is 3. The number of anilines is 1. The lowest BCUT2D eigenvalue weighted by atomic mass is 9.79. The second-order valence-corrected chi connectivity index (χ2v) is 12.0. The summed E-state index contributed by atoms with van der Waals surface area (Å²) in [6.45, 7) is 5.44. The van der Waals surface area contributed by atoms with Crippen LogP contribution in [0.1, 0.15) is 60.2 Å². The summed E-state index contributed by atoms with van der Waals surface area (Å²) in [7, 11) is 1.63. The quantitative estimate of drug-likeness (QED) is 0.327. The lowest BCUT2D eigenvalue weighted by Crippen LogP contribution is -2.62. The Balaban J connectivity index is 1.38. The molecular formula is C31H37N3O8S. The number of amides is 1. The highest BCUT2D eigenvalue weighted by Gasteiger charge is 2.49. The number of carbonyl (C=O) groups is 2. The lowest BCUT2D eigenvalue weighted by Gasteiger charge is -2.49. The first-order valence-corrected chi connectivity index (χ1v) is 15.6. The van der Waals surface area contributed by atoms with E-state index in [9.17, 15) is 14.7 Å². The Bertz CT molecular complexity index is 1430. The van der Waals surface area contributed by atoms with Crippen molar-refractivity contribution >= 4 is 28.2 Å². The van der Waals surface area contributed by atoms with Crippen LogP contribution >= 0.6 is 11.3 Å². The molecule has 2 atom stereocenters. The number of esters is 1. The zero-order chi connectivity index (χ0) is 30.1. The monoisotopic (exact) mass is 611 g/mol. The number of hydrogen-bond donors (Lipinski definition) is 1. The summed E-state index contributed by atoms with van der Waals surface area (Å²) >= 11 is 1.36. The highest BCUT2D eigenvalue weighted by Crippen LogP contribution is 2.48. The maximum absolute atomic E-state index is 14.1. The number of rotatable bonds is 10. The number of aliphatic hydroxyl groups excluding tert-OH is 1. The van der Waals surface area contributed by atoms with Gasteiger partial charge in [0, 0.05) is 24.8 Å². The summed E-state index contributed by atoms with van der Waals surface area (Å²) in [6, 6.07) is 7.38. The van der Waals surface area contributed by atoms with Crippen molar-refractivity contribution in [3.05, 3.63) is 53.4 Å².